The third-order valence-corrected chi connectivity index (χ3v) is 5.23. The van der Waals surface area contributed by atoms with Gasteiger partial charge in [0.2, 0.25) is 5.95 Å². The Kier molecular flexibility index (Phi) is 5.46. The Morgan fingerprint density at radius 1 is 0.889 bits per heavy atom. The Bertz CT molecular complexity index is 925. The molecule has 2 N–H and O–H groups in total. The standard InChI is InChI=1S/C21H20Cl2N4/c22-15-10-11-18(17(23)12-15)25-20-13-19(14-6-2-1-3-7-14)26-21(27-20)24-16-8-4-5-9-16/h1-3,6-7,10-13,16H,4-5,8-9H2,(H2,24,25,26,27). The number of rotatable bonds is 5. The average Bonchev–Trinajstić information content (AvgIpc) is 3.18. The normalized spacial score (nSPS) is 14.3. The van der Waals surface area contributed by atoms with Gasteiger partial charge in [-0.15, -0.1) is 0 Å². The van der Waals surface area contributed by atoms with Crippen molar-refractivity contribution in [3.8, 4) is 11.3 Å². The molecule has 0 atom stereocenters. The first kappa shape index (κ1) is 18.1. The summed E-state index contributed by atoms with van der Waals surface area (Å²) < 4.78 is 0. The zero-order chi connectivity index (χ0) is 18.6. The molecule has 1 saturated carbocycles. The van der Waals surface area contributed by atoms with Gasteiger partial charge in [-0.1, -0.05) is 66.4 Å². The molecule has 0 amide bonds. The minimum atomic E-state index is 0.433. The molecule has 2 aromatic carbocycles. The van der Waals surface area contributed by atoms with Crippen LogP contribution in [0.1, 0.15) is 25.7 Å². The molecule has 0 radical (unpaired) electrons. The first-order valence-electron chi connectivity index (χ1n) is 9.10. The SMILES string of the molecule is Clc1ccc(Nc2cc(-c3ccccc3)nc(NC3CCCC3)n2)c(Cl)c1. The van der Waals surface area contributed by atoms with E-state index in [9.17, 15) is 0 Å². The Morgan fingerprint density at radius 3 is 2.41 bits per heavy atom. The first-order chi connectivity index (χ1) is 13.2. The Morgan fingerprint density at radius 2 is 1.67 bits per heavy atom. The van der Waals surface area contributed by atoms with Gasteiger partial charge in [-0.2, -0.15) is 4.98 Å². The fourth-order valence-corrected chi connectivity index (χ4v) is 3.77. The van der Waals surface area contributed by atoms with Gasteiger partial charge in [-0.3, -0.25) is 0 Å². The Labute approximate surface area is 169 Å². The summed E-state index contributed by atoms with van der Waals surface area (Å²) in [5.74, 6) is 1.32. The van der Waals surface area contributed by atoms with Crippen LogP contribution in [0.3, 0.4) is 0 Å². The van der Waals surface area contributed by atoms with Crippen molar-refractivity contribution in [1.29, 1.82) is 0 Å². The van der Waals surface area contributed by atoms with Crippen LogP contribution in [-0.2, 0) is 0 Å². The summed E-state index contributed by atoms with van der Waals surface area (Å²) in [5, 5.41) is 7.93. The molecule has 27 heavy (non-hydrogen) atoms. The van der Waals surface area contributed by atoms with E-state index in [1.807, 2.05) is 42.5 Å². The van der Waals surface area contributed by atoms with Crippen molar-refractivity contribution >= 4 is 40.7 Å². The number of anilines is 3. The molecule has 4 rings (SSSR count). The topological polar surface area (TPSA) is 49.8 Å². The van der Waals surface area contributed by atoms with Gasteiger partial charge < -0.3 is 10.6 Å². The molecular formula is C21H20Cl2N4. The lowest BCUT2D eigenvalue weighted by molar-refractivity contribution is 0.744. The minimum absolute atomic E-state index is 0.433. The lowest BCUT2D eigenvalue weighted by Crippen LogP contribution is -2.17. The molecule has 1 aliphatic carbocycles. The van der Waals surface area contributed by atoms with E-state index in [4.69, 9.17) is 28.2 Å². The van der Waals surface area contributed by atoms with E-state index in [-0.39, 0.29) is 0 Å². The second-order valence-corrected chi connectivity index (χ2v) is 7.55. The third-order valence-electron chi connectivity index (χ3n) is 4.68. The molecule has 6 heteroatoms. The van der Waals surface area contributed by atoms with Crippen molar-refractivity contribution in [3.05, 3.63) is 64.6 Å². The quantitative estimate of drug-likeness (QED) is 0.511. The second kappa shape index (κ2) is 8.15. The van der Waals surface area contributed by atoms with E-state index in [0.717, 1.165) is 29.8 Å². The fraction of sp³-hybridized carbons (Fsp3) is 0.238. The summed E-state index contributed by atoms with van der Waals surface area (Å²) in [7, 11) is 0. The van der Waals surface area contributed by atoms with E-state index in [2.05, 4.69) is 15.6 Å². The highest BCUT2D eigenvalue weighted by Crippen LogP contribution is 2.30. The van der Waals surface area contributed by atoms with Crippen LogP contribution < -0.4 is 10.6 Å². The van der Waals surface area contributed by atoms with Crippen LogP contribution in [0.2, 0.25) is 10.0 Å². The highest BCUT2D eigenvalue weighted by molar-refractivity contribution is 6.36. The van der Waals surface area contributed by atoms with Crippen molar-refractivity contribution < 1.29 is 0 Å². The van der Waals surface area contributed by atoms with E-state index >= 15 is 0 Å². The number of halogens is 2. The summed E-state index contributed by atoms with van der Waals surface area (Å²) >= 11 is 12.3. The molecule has 1 aromatic heterocycles. The Hall–Kier alpha value is -2.30. The van der Waals surface area contributed by atoms with Gasteiger partial charge in [0.25, 0.3) is 0 Å². The number of hydrogen-bond acceptors (Lipinski definition) is 4. The maximum Gasteiger partial charge on any atom is 0.225 e. The number of hydrogen-bond donors (Lipinski definition) is 2. The van der Waals surface area contributed by atoms with Gasteiger partial charge in [0.1, 0.15) is 5.82 Å². The Balaban J connectivity index is 1.68. The summed E-state index contributed by atoms with van der Waals surface area (Å²) in [6, 6.07) is 17.8. The van der Waals surface area contributed by atoms with Gasteiger partial charge in [0, 0.05) is 22.7 Å². The van der Waals surface area contributed by atoms with Gasteiger partial charge in [-0.05, 0) is 31.0 Å². The van der Waals surface area contributed by atoms with E-state index < -0.39 is 0 Å². The number of benzene rings is 2. The zero-order valence-electron chi connectivity index (χ0n) is 14.8. The van der Waals surface area contributed by atoms with E-state index in [1.165, 1.54) is 12.8 Å². The van der Waals surface area contributed by atoms with Gasteiger partial charge in [0.15, 0.2) is 0 Å². The third kappa shape index (κ3) is 4.52. The van der Waals surface area contributed by atoms with Crippen LogP contribution in [0, 0.1) is 0 Å². The van der Waals surface area contributed by atoms with Gasteiger partial charge in [0.05, 0.1) is 16.4 Å². The van der Waals surface area contributed by atoms with Crippen LogP contribution in [0.25, 0.3) is 11.3 Å². The van der Waals surface area contributed by atoms with E-state index in [1.54, 1.807) is 12.1 Å². The van der Waals surface area contributed by atoms with Gasteiger partial charge >= 0.3 is 0 Å². The van der Waals surface area contributed by atoms with Crippen molar-refractivity contribution in [1.82, 2.24) is 9.97 Å². The van der Waals surface area contributed by atoms with Crippen molar-refractivity contribution in [3.63, 3.8) is 0 Å². The lowest BCUT2D eigenvalue weighted by atomic mass is 10.1. The van der Waals surface area contributed by atoms with Crippen molar-refractivity contribution in [2.24, 2.45) is 0 Å². The van der Waals surface area contributed by atoms with Crippen LogP contribution in [0.15, 0.2) is 54.6 Å². The lowest BCUT2D eigenvalue weighted by Gasteiger charge is -2.15. The number of aromatic nitrogens is 2. The average molecular weight is 399 g/mol. The smallest absolute Gasteiger partial charge is 0.225 e. The fourth-order valence-electron chi connectivity index (χ4n) is 3.31. The predicted octanol–water partition coefficient (Wildman–Crippen LogP) is 6.55. The summed E-state index contributed by atoms with van der Waals surface area (Å²) in [4.78, 5) is 9.39. The molecular weight excluding hydrogens is 379 g/mol. The minimum Gasteiger partial charge on any atom is -0.351 e. The molecule has 1 fully saturated rings. The van der Waals surface area contributed by atoms with Crippen LogP contribution in [0.4, 0.5) is 17.5 Å². The summed E-state index contributed by atoms with van der Waals surface area (Å²) in [5.41, 5.74) is 2.66. The maximum absolute atomic E-state index is 6.31. The highest BCUT2D eigenvalue weighted by Gasteiger charge is 2.17. The highest BCUT2D eigenvalue weighted by atomic mass is 35.5. The molecule has 4 nitrogen and oxygen atoms in total. The first-order valence-corrected chi connectivity index (χ1v) is 9.86. The molecule has 0 bridgehead atoms. The largest absolute Gasteiger partial charge is 0.351 e. The molecule has 1 aliphatic rings. The monoisotopic (exact) mass is 398 g/mol. The summed E-state index contributed by atoms with van der Waals surface area (Å²) in [6.07, 6.45) is 4.82. The molecule has 138 valence electrons. The van der Waals surface area contributed by atoms with Crippen molar-refractivity contribution in [2.45, 2.75) is 31.7 Å². The van der Waals surface area contributed by atoms with Crippen molar-refractivity contribution in [2.75, 3.05) is 10.6 Å². The van der Waals surface area contributed by atoms with E-state index in [0.29, 0.717) is 27.9 Å². The molecule has 0 aliphatic heterocycles. The molecule has 3 aromatic rings. The number of nitrogens with zero attached hydrogens (tertiary/aromatic N) is 2. The molecule has 1 heterocycles. The van der Waals surface area contributed by atoms with Crippen LogP contribution in [-0.4, -0.2) is 16.0 Å². The molecule has 0 saturated heterocycles. The van der Waals surface area contributed by atoms with Gasteiger partial charge in [-0.25, -0.2) is 4.98 Å². The zero-order valence-corrected chi connectivity index (χ0v) is 16.3. The maximum atomic E-state index is 6.31. The second-order valence-electron chi connectivity index (χ2n) is 6.70. The number of nitrogens with one attached hydrogen (secondary N) is 2. The molecule has 0 unspecified atom stereocenters. The summed E-state index contributed by atoms with van der Waals surface area (Å²) in [6.45, 7) is 0. The molecule has 0 spiro atoms. The predicted molar refractivity (Wildman–Crippen MR) is 113 cm³/mol. The van der Waals surface area contributed by atoms with Crippen LogP contribution in [0.5, 0.6) is 0 Å². The van der Waals surface area contributed by atoms with Crippen LogP contribution >= 0.6 is 23.2 Å².